The van der Waals surface area contributed by atoms with Crippen molar-refractivity contribution >= 4 is 18.3 Å². The number of nitrogens with zero attached hydrogens (tertiary/aromatic N) is 1. The minimum atomic E-state index is -3.54. The highest BCUT2D eigenvalue weighted by atomic mass is 32.2. The molecule has 0 unspecified atom stereocenters. The highest BCUT2D eigenvalue weighted by Crippen LogP contribution is 2.46. The Morgan fingerprint density at radius 3 is 2.43 bits per heavy atom. The largest absolute Gasteiger partial charge is 0.416 e. The van der Waals surface area contributed by atoms with Gasteiger partial charge in [0, 0.05) is 18.6 Å². The van der Waals surface area contributed by atoms with Gasteiger partial charge in [-0.3, -0.25) is 0 Å². The minimum Gasteiger partial charge on any atom is -0.416 e. The monoisotopic (exact) mass is 419 g/mol. The predicted molar refractivity (Wildman–Crippen MR) is 117 cm³/mol. The van der Waals surface area contributed by atoms with Gasteiger partial charge in [-0.05, 0) is 43.6 Å². The van der Waals surface area contributed by atoms with E-state index in [2.05, 4.69) is 39.9 Å². The molecule has 1 aromatic carbocycles. The number of aryl methyl sites for hydroxylation is 1. The van der Waals surface area contributed by atoms with Crippen molar-refractivity contribution in [2.24, 2.45) is 5.41 Å². The van der Waals surface area contributed by atoms with Crippen LogP contribution in [0.1, 0.15) is 32.8 Å². The molecule has 28 heavy (non-hydrogen) atoms. The van der Waals surface area contributed by atoms with E-state index in [4.69, 9.17) is 4.43 Å². The molecule has 1 heterocycles. The third kappa shape index (κ3) is 3.80. The minimum absolute atomic E-state index is 0.125. The molecule has 2 atom stereocenters. The highest BCUT2D eigenvalue weighted by molar-refractivity contribution is 7.89. The second-order valence-corrected chi connectivity index (χ2v) is 16.3. The molecule has 3 rings (SSSR count). The third-order valence-corrected chi connectivity index (χ3v) is 13.0. The fraction of sp³-hybridized carbons (Fsp3) is 0.545. The first-order chi connectivity index (χ1) is 12.9. The smallest absolute Gasteiger partial charge is 0.243 e. The van der Waals surface area contributed by atoms with Crippen LogP contribution in [-0.2, 0) is 14.4 Å². The maximum atomic E-state index is 13.3. The van der Waals surface area contributed by atoms with Gasteiger partial charge in [0.05, 0.1) is 10.9 Å². The van der Waals surface area contributed by atoms with Crippen molar-refractivity contribution in [2.45, 2.75) is 63.2 Å². The topological polar surface area (TPSA) is 46.6 Å². The van der Waals surface area contributed by atoms with Crippen LogP contribution in [0.2, 0.25) is 18.1 Å². The summed E-state index contributed by atoms with van der Waals surface area (Å²) in [4.78, 5) is 0.363. The summed E-state index contributed by atoms with van der Waals surface area (Å²) in [5, 5.41) is 0.125. The molecule has 0 amide bonds. The van der Waals surface area contributed by atoms with E-state index in [1.54, 1.807) is 16.4 Å². The first kappa shape index (κ1) is 21.5. The van der Waals surface area contributed by atoms with Crippen molar-refractivity contribution in [1.82, 2.24) is 4.31 Å². The van der Waals surface area contributed by atoms with Gasteiger partial charge >= 0.3 is 0 Å². The standard InChI is InChI=1S/C22H33NO3SSi/c1-18-10-12-19(13-11-18)27(24,25)23-16-15-22(14-8-7-9-20(22)23)17-26-28(5,6)21(2,3)4/h7-14,20H,15-17H2,1-6H3/t20-,22-/m1/s1. The van der Waals surface area contributed by atoms with E-state index in [0.717, 1.165) is 12.0 Å². The Bertz CT molecular complexity index is 881. The highest BCUT2D eigenvalue weighted by Gasteiger charge is 2.51. The zero-order valence-electron chi connectivity index (χ0n) is 17.9. The number of sulfonamides is 1. The lowest BCUT2D eigenvalue weighted by atomic mass is 9.78. The number of hydrogen-bond donors (Lipinski definition) is 0. The van der Waals surface area contributed by atoms with Crippen LogP contribution in [0.25, 0.3) is 0 Å². The average Bonchev–Trinajstić information content (AvgIpc) is 3.00. The van der Waals surface area contributed by atoms with Crippen LogP contribution in [0, 0.1) is 12.3 Å². The normalized spacial score (nSPS) is 25.9. The van der Waals surface area contributed by atoms with Gasteiger partial charge < -0.3 is 4.43 Å². The lowest BCUT2D eigenvalue weighted by Gasteiger charge is -2.41. The quantitative estimate of drug-likeness (QED) is 0.638. The molecule has 1 aliphatic carbocycles. The Hall–Kier alpha value is -1.21. The first-order valence-electron chi connectivity index (χ1n) is 9.98. The maximum Gasteiger partial charge on any atom is 0.243 e. The van der Waals surface area contributed by atoms with E-state index >= 15 is 0 Å². The van der Waals surface area contributed by atoms with E-state index < -0.39 is 18.3 Å². The second-order valence-electron chi connectivity index (χ2n) is 9.65. The fourth-order valence-electron chi connectivity index (χ4n) is 3.63. The molecular formula is C22H33NO3SSi. The molecule has 4 nitrogen and oxygen atoms in total. The summed E-state index contributed by atoms with van der Waals surface area (Å²) >= 11 is 0. The summed E-state index contributed by atoms with van der Waals surface area (Å²) in [5.74, 6) is 0. The molecule has 1 aromatic rings. The molecule has 6 heteroatoms. The molecule has 1 fully saturated rings. The van der Waals surface area contributed by atoms with Crippen LogP contribution < -0.4 is 0 Å². The summed E-state index contributed by atoms with van der Waals surface area (Å²) in [5.41, 5.74) is 0.764. The van der Waals surface area contributed by atoms with Gasteiger partial charge in [-0.15, -0.1) is 0 Å². The van der Waals surface area contributed by atoms with E-state index in [0.29, 0.717) is 18.0 Å². The van der Waals surface area contributed by atoms with Crippen molar-refractivity contribution in [3.63, 3.8) is 0 Å². The molecule has 0 spiro atoms. The Kier molecular flexibility index (Phi) is 5.56. The van der Waals surface area contributed by atoms with E-state index in [1.807, 2.05) is 37.3 Å². The van der Waals surface area contributed by atoms with Crippen molar-refractivity contribution in [3.8, 4) is 0 Å². The van der Waals surface area contributed by atoms with Gasteiger partial charge in [0.1, 0.15) is 0 Å². The SMILES string of the molecule is Cc1ccc(S(=O)(=O)N2CC[C@@]3(CO[Si](C)(C)C(C)(C)C)C=CC=C[C@@H]23)cc1. The third-order valence-electron chi connectivity index (χ3n) is 6.67. The Labute approximate surface area is 171 Å². The Balaban J connectivity index is 1.88. The Morgan fingerprint density at radius 2 is 1.82 bits per heavy atom. The van der Waals surface area contributed by atoms with E-state index in [-0.39, 0.29) is 16.5 Å². The van der Waals surface area contributed by atoms with Gasteiger partial charge in [-0.1, -0.05) is 62.8 Å². The van der Waals surface area contributed by atoms with Crippen molar-refractivity contribution < 1.29 is 12.8 Å². The molecule has 0 radical (unpaired) electrons. The van der Waals surface area contributed by atoms with Gasteiger partial charge in [0.15, 0.2) is 8.32 Å². The summed E-state index contributed by atoms with van der Waals surface area (Å²) in [6.45, 7) is 14.2. The molecule has 0 aromatic heterocycles. The van der Waals surface area contributed by atoms with E-state index in [9.17, 15) is 8.42 Å². The van der Waals surface area contributed by atoms with Crippen LogP contribution in [0.15, 0.2) is 53.5 Å². The van der Waals surface area contributed by atoms with Crippen molar-refractivity contribution in [1.29, 1.82) is 0 Å². The molecule has 154 valence electrons. The van der Waals surface area contributed by atoms with Crippen LogP contribution in [-0.4, -0.2) is 40.2 Å². The van der Waals surface area contributed by atoms with Crippen LogP contribution in [0.5, 0.6) is 0 Å². The lowest BCUT2D eigenvalue weighted by molar-refractivity contribution is 0.160. The molecule has 1 aliphatic heterocycles. The molecule has 0 bridgehead atoms. The van der Waals surface area contributed by atoms with Crippen LogP contribution in [0.4, 0.5) is 0 Å². The number of hydrogen-bond acceptors (Lipinski definition) is 3. The number of allylic oxidation sites excluding steroid dienone is 2. The van der Waals surface area contributed by atoms with Crippen LogP contribution in [0.3, 0.4) is 0 Å². The summed E-state index contributed by atoms with van der Waals surface area (Å²) in [7, 11) is -5.46. The lowest BCUT2D eigenvalue weighted by Crippen LogP contribution is -2.48. The van der Waals surface area contributed by atoms with Gasteiger partial charge in [0.2, 0.25) is 10.0 Å². The average molecular weight is 420 g/mol. The van der Waals surface area contributed by atoms with Crippen molar-refractivity contribution in [2.75, 3.05) is 13.2 Å². The summed E-state index contributed by atoms with van der Waals surface area (Å²) < 4.78 is 34.9. The second kappa shape index (κ2) is 7.24. The number of rotatable bonds is 5. The predicted octanol–water partition coefficient (Wildman–Crippen LogP) is 4.89. The molecule has 1 saturated heterocycles. The molecular weight excluding hydrogens is 386 g/mol. The van der Waals surface area contributed by atoms with E-state index in [1.165, 1.54) is 0 Å². The number of fused-ring (bicyclic) bond motifs is 1. The first-order valence-corrected chi connectivity index (χ1v) is 14.3. The van der Waals surface area contributed by atoms with Gasteiger partial charge in [-0.25, -0.2) is 8.42 Å². The zero-order chi connectivity index (χ0) is 20.8. The van der Waals surface area contributed by atoms with Crippen molar-refractivity contribution in [3.05, 3.63) is 54.1 Å². The Morgan fingerprint density at radius 1 is 1.18 bits per heavy atom. The summed E-state index contributed by atoms with van der Waals surface area (Å²) in [6, 6.07) is 6.92. The number of benzene rings is 1. The summed E-state index contributed by atoms with van der Waals surface area (Å²) in [6.07, 6.45) is 8.95. The fourth-order valence-corrected chi connectivity index (χ4v) is 6.35. The molecule has 0 N–H and O–H groups in total. The zero-order valence-corrected chi connectivity index (χ0v) is 19.7. The molecule has 2 aliphatic rings. The van der Waals surface area contributed by atoms with Gasteiger partial charge in [0.25, 0.3) is 0 Å². The molecule has 0 saturated carbocycles. The van der Waals surface area contributed by atoms with Gasteiger partial charge in [-0.2, -0.15) is 4.31 Å². The van der Waals surface area contributed by atoms with Crippen LogP contribution >= 0.6 is 0 Å². The maximum absolute atomic E-state index is 13.3.